The molecular formula is C18H14ClFN2O2S. The fourth-order valence-corrected chi connectivity index (χ4v) is 3.31. The summed E-state index contributed by atoms with van der Waals surface area (Å²) in [7, 11) is 1.60. The van der Waals surface area contributed by atoms with Crippen molar-refractivity contribution < 1.29 is 13.9 Å². The molecule has 1 aromatic heterocycles. The molecular weight excluding hydrogens is 363 g/mol. The number of benzene rings is 2. The van der Waals surface area contributed by atoms with Crippen LogP contribution in [0.3, 0.4) is 0 Å². The van der Waals surface area contributed by atoms with E-state index < -0.39 is 11.7 Å². The highest BCUT2D eigenvalue weighted by Gasteiger charge is 2.16. The molecule has 3 rings (SSSR count). The molecule has 1 amide bonds. The molecule has 0 spiro atoms. The van der Waals surface area contributed by atoms with Crippen LogP contribution in [0.25, 0.3) is 11.3 Å². The van der Waals surface area contributed by atoms with Gasteiger partial charge in [0.25, 0.3) is 5.91 Å². The van der Waals surface area contributed by atoms with Crippen LogP contribution in [0.5, 0.6) is 5.75 Å². The zero-order chi connectivity index (χ0) is 18.0. The number of methoxy groups -OCH3 is 1. The average Bonchev–Trinajstić information content (AvgIpc) is 2.97. The van der Waals surface area contributed by atoms with Gasteiger partial charge in [0.15, 0.2) is 5.13 Å². The zero-order valence-electron chi connectivity index (χ0n) is 13.5. The molecule has 1 N–H and O–H groups in total. The van der Waals surface area contributed by atoms with Crippen molar-refractivity contribution in [2.75, 3.05) is 12.4 Å². The van der Waals surface area contributed by atoms with Gasteiger partial charge in [0.05, 0.1) is 18.4 Å². The predicted octanol–water partition coefficient (Wildman–Crippen LogP) is 5.17. The van der Waals surface area contributed by atoms with Gasteiger partial charge in [-0.1, -0.05) is 11.6 Å². The maximum absolute atomic E-state index is 13.8. The Bertz CT molecular complexity index is 925. The maximum atomic E-state index is 13.8. The third-order valence-corrected chi connectivity index (χ3v) is 4.67. The number of thiazole rings is 1. The van der Waals surface area contributed by atoms with Crippen molar-refractivity contribution in [1.82, 2.24) is 4.98 Å². The van der Waals surface area contributed by atoms with Crippen molar-refractivity contribution in [1.29, 1.82) is 0 Å². The fourth-order valence-electron chi connectivity index (χ4n) is 2.30. The number of carbonyl (C=O) groups excluding carboxylic acids is 1. The van der Waals surface area contributed by atoms with Gasteiger partial charge in [-0.2, -0.15) is 0 Å². The molecule has 0 fully saturated rings. The molecule has 0 radical (unpaired) electrons. The minimum Gasteiger partial charge on any atom is -0.497 e. The minimum absolute atomic E-state index is 0.119. The Labute approximate surface area is 153 Å². The third-order valence-electron chi connectivity index (χ3n) is 3.55. The molecule has 0 atom stereocenters. The van der Waals surface area contributed by atoms with Crippen LogP contribution in [0.1, 0.15) is 15.2 Å². The van der Waals surface area contributed by atoms with Gasteiger partial charge in [0, 0.05) is 15.5 Å². The molecule has 128 valence electrons. The zero-order valence-corrected chi connectivity index (χ0v) is 15.0. The first-order valence-corrected chi connectivity index (χ1v) is 8.55. The smallest absolute Gasteiger partial charge is 0.260 e. The first-order valence-electron chi connectivity index (χ1n) is 7.36. The van der Waals surface area contributed by atoms with Crippen molar-refractivity contribution in [2.24, 2.45) is 0 Å². The quantitative estimate of drug-likeness (QED) is 0.683. The second kappa shape index (κ2) is 7.21. The van der Waals surface area contributed by atoms with Gasteiger partial charge in [-0.15, -0.1) is 11.3 Å². The van der Waals surface area contributed by atoms with Crippen molar-refractivity contribution in [3.8, 4) is 17.0 Å². The number of halogens is 2. The summed E-state index contributed by atoms with van der Waals surface area (Å²) in [4.78, 5) is 17.6. The van der Waals surface area contributed by atoms with Crippen molar-refractivity contribution >= 4 is 34.0 Å². The average molecular weight is 377 g/mol. The molecule has 25 heavy (non-hydrogen) atoms. The Kier molecular flexibility index (Phi) is 5.01. The van der Waals surface area contributed by atoms with E-state index in [0.717, 1.165) is 28.0 Å². The monoisotopic (exact) mass is 376 g/mol. The topological polar surface area (TPSA) is 51.2 Å². The van der Waals surface area contributed by atoms with E-state index in [1.165, 1.54) is 23.5 Å². The van der Waals surface area contributed by atoms with Gasteiger partial charge in [-0.25, -0.2) is 9.37 Å². The van der Waals surface area contributed by atoms with Gasteiger partial charge in [-0.05, 0) is 49.4 Å². The summed E-state index contributed by atoms with van der Waals surface area (Å²) >= 11 is 7.15. The predicted molar refractivity (Wildman–Crippen MR) is 98.2 cm³/mol. The molecule has 7 heteroatoms. The number of aryl methyl sites for hydroxylation is 1. The van der Waals surface area contributed by atoms with Crippen LogP contribution >= 0.6 is 22.9 Å². The summed E-state index contributed by atoms with van der Waals surface area (Å²) < 4.78 is 18.9. The van der Waals surface area contributed by atoms with Crippen LogP contribution in [0.15, 0.2) is 42.5 Å². The number of rotatable bonds is 4. The lowest BCUT2D eigenvalue weighted by Gasteiger charge is -2.04. The second-order valence-electron chi connectivity index (χ2n) is 5.23. The number of aromatic nitrogens is 1. The molecule has 1 heterocycles. The van der Waals surface area contributed by atoms with Crippen LogP contribution < -0.4 is 10.1 Å². The van der Waals surface area contributed by atoms with Gasteiger partial charge in [0.1, 0.15) is 11.6 Å². The van der Waals surface area contributed by atoms with E-state index in [1.54, 1.807) is 7.11 Å². The van der Waals surface area contributed by atoms with Crippen LogP contribution in [0, 0.1) is 12.7 Å². The molecule has 4 nitrogen and oxygen atoms in total. The number of hydrogen-bond donors (Lipinski definition) is 1. The third kappa shape index (κ3) is 3.81. The van der Waals surface area contributed by atoms with Crippen LogP contribution in [0.4, 0.5) is 9.52 Å². The number of carbonyl (C=O) groups is 1. The Balaban J connectivity index is 1.84. The highest BCUT2D eigenvalue weighted by molar-refractivity contribution is 7.16. The molecule has 2 aromatic carbocycles. The number of hydrogen-bond acceptors (Lipinski definition) is 4. The Morgan fingerprint density at radius 1 is 1.24 bits per heavy atom. The first kappa shape index (κ1) is 17.4. The fraction of sp³-hybridized carbons (Fsp3) is 0.111. The van der Waals surface area contributed by atoms with Crippen LogP contribution in [-0.4, -0.2) is 18.0 Å². The van der Waals surface area contributed by atoms with E-state index in [4.69, 9.17) is 16.3 Å². The summed E-state index contributed by atoms with van der Waals surface area (Å²) in [5.41, 5.74) is 1.55. The molecule has 0 aliphatic rings. The van der Waals surface area contributed by atoms with Gasteiger partial charge < -0.3 is 4.74 Å². The highest BCUT2D eigenvalue weighted by atomic mass is 35.5. The lowest BCUT2D eigenvalue weighted by molar-refractivity contribution is 0.102. The summed E-state index contributed by atoms with van der Waals surface area (Å²) in [5.74, 6) is -0.470. The summed E-state index contributed by atoms with van der Waals surface area (Å²) in [6.45, 7) is 1.91. The molecule has 3 aromatic rings. The van der Waals surface area contributed by atoms with E-state index in [0.29, 0.717) is 10.2 Å². The Hall–Kier alpha value is -2.44. The van der Waals surface area contributed by atoms with E-state index in [1.807, 2.05) is 31.2 Å². The Morgan fingerprint density at radius 2 is 1.96 bits per heavy atom. The van der Waals surface area contributed by atoms with Gasteiger partial charge >= 0.3 is 0 Å². The molecule has 0 aliphatic carbocycles. The van der Waals surface area contributed by atoms with Crippen molar-refractivity contribution in [2.45, 2.75) is 6.92 Å². The molecule has 0 saturated carbocycles. The number of amides is 1. The van der Waals surface area contributed by atoms with E-state index >= 15 is 0 Å². The summed E-state index contributed by atoms with van der Waals surface area (Å²) in [6, 6.07) is 11.3. The lowest BCUT2D eigenvalue weighted by Crippen LogP contribution is -2.13. The van der Waals surface area contributed by atoms with Gasteiger partial charge in [-0.3, -0.25) is 10.1 Å². The second-order valence-corrected chi connectivity index (χ2v) is 6.87. The van der Waals surface area contributed by atoms with Gasteiger partial charge in [0.2, 0.25) is 0 Å². The number of nitrogens with zero attached hydrogens (tertiary/aromatic N) is 1. The summed E-state index contributed by atoms with van der Waals surface area (Å²) in [5, 5.41) is 3.31. The highest BCUT2D eigenvalue weighted by Crippen LogP contribution is 2.31. The molecule has 0 aliphatic heterocycles. The number of nitrogens with one attached hydrogen (secondary N) is 1. The Morgan fingerprint density at radius 3 is 2.64 bits per heavy atom. The van der Waals surface area contributed by atoms with E-state index in [-0.39, 0.29) is 5.56 Å². The normalized spacial score (nSPS) is 10.6. The van der Waals surface area contributed by atoms with Crippen LogP contribution in [-0.2, 0) is 0 Å². The molecule has 0 bridgehead atoms. The van der Waals surface area contributed by atoms with E-state index in [2.05, 4.69) is 10.3 Å². The number of anilines is 1. The van der Waals surface area contributed by atoms with Crippen molar-refractivity contribution in [3.63, 3.8) is 0 Å². The van der Waals surface area contributed by atoms with Crippen LogP contribution in [0.2, 0.25) is 5.02 Å². The summed E-state index contributed by atoms with van der Waals surface area (Å²) in [6.07, 6.45) is 0. The lowest BCUT2D eigenvalue weighted by atomic mass is 10.1. The molecule has 0 saturated heterocycles. The number of ether oxygens (including phenoxy) is 1. The minimum atomic E-state index is -0.634. The van der Waals surface area contributed by atoms with Crippen molar-refractivity contribution in [3.05, 3.63) is 63.7 Å². The SMILES string of the molecule is COc1ccc(-c2nc(NC(=O)c3cc(Cl)ccc3F)sc2C)cc1. The standard InChI is InChI=1S/C18H14ClFN2O2S/c1-10-16(11-3-6-13(24-2)7-4-11)21-18(25-10)22-17(23)14-9-12(19)5-8-15(14)20/h3-9H,1-2H3,(H,21,22,23). The first-order chi connectivity index (χ1) is 12.0. The largest absolute Gasteiger partial charge is 0.497 e. The molecule has 0 unspecified atom stereocenters. The van der Waals surface area contributed by atoms with E-state index in [9.17, 15) is 9.18 Å². The maximum Gasteiger partial charge on any atom is 0.260 e.